The van der Waals surface area contributed by atoms with Gasteiger partial charge >= 0.3 is 0 Å². The van der Waals surface area contributed by atoms with Crippen molar-refractivity contribution in [3.05, 3.63) is 74.7 Å². The van der Waals surface area contributed by atoms with E-state index in [2.05, 4.69) is 15.5 Å². The van der Waals surface area contributed by atoms with Gasteiger partial charge in [0, 0.05) is 21.0 Å². The number of rotatable bonds is 7. The lowest BCUT2D eigenvalue weighted by Crippen LogP contribution is -2.19. The van der Waals surface area contributed by atoms with Gasteiger partial charge in [0.15, 0.2) is 5.13 Å². The average Bonchev–Trinajstić information content (AvgIpc) is 3.07. The minimum absolute atomic E-state index is 0.130. The van der Waals surface area contributed by atoms with E-state index in [4.69, 9.17) is 33.7 Å². The van der Waals surface area contributed by atoms with Crippen LogP contribution >= 0.6 is 34.5 Å². The molecule has 0 saturated carbocycles. The molecule has 6 nitrogen and oxygen atoms in total. The Morgan fingerprint density at radius 1 is 1.25 bits per heavy atom. The fourth-order valence-electron chi connectivity index (χ4n) is 2.24. The molecule has 0 aliphatic carbocycles. The number of hydrogen-bond acceptors (Lipinski definition) is 6. The van der Waals surface area contributed by atoms with E-state index >= 15 is 0 Å². The van der Waals surface area contributed by atoms with E-state index in [1.165, 1.54) is 11.3 Å². The van der Waals surface area contributed by atoms with Crippen molar-refractivity contribution in [1.82, 2.24) is 10.4 Å². The number of nitrogens with two attached hydrogens (primary N) is 1. The number of nitrogens with one attached hydrogen (secondary N) is 1. The molecular weight excluding hydrogens is 419 g/mol. The summed E-state index contributed by atoms with van der Waals surface area (Å²) >= 11 is 13.3. The number of ether oxygens (including phenoxy) is 1. The maximum absolute atomic E-state index is 11.8. The highest BCUT2D eigenvalue weighted by Crippen LogP contribution is 2.22. The van der Waals surface area contributed by atoms with Crippen LogP contribution in [0.2, 0.25) is 10.0 Å². The quantitative estimate of drug-likeness (QED) is 0.428. The van der Waals surface area contributed by atoms with Gasteiger partial charge in [-0.05, 0) is 42.0 Å². The first-order chi connectivity index (χ1) is 13.5. The highest BCUT2D eigenvalue weighted by atomic mass is 35.5. The summed E-state index contributed by atoms with van der Waals surface area (Å²) in [6.45, 7) is 0.334. The summed E-state index contributed by atoms with van der Waals surface area (Å²) in [5.41, 5.74) is 10.3. The summed E-state index contributed by atoms with van der Waals surface area (Å²) in [4.78, 5) is 15.8. The maximum Gasteiger partial charge on any atom is 0.246 e. The number of benzene rings is 2. The fraction of sp³-hybridized carbons (Fsp3) is 0.105. The number of thiazole rings is 1. The van der Waals surface area contributed by atoms with Crippen LogP contribution in [-0.2, 0) is 17.8 Å². The van der Waals surface area contributed by atoms with E-state index < -0.39 is 0 Å². The van der Waals surface area contributed by atoms with E-state index in [1.54, 1.807) is 23.7 Å². The molecule has 1 amide bonds. The normalized spacial score (nSPS) is 10.9. The SMILES string of the molecule is Nc1nc(CC(=O)N/N=C/c2ccc(OCc3ccc(Cl)cc3Cl)cc2)cs1. The standard InChI is InChI=1S/C19H16Cl2N4O2S/c20-14-4-3-13(17(21)7-14)10-27-16-5-1-12(2-6-16)9-23-25-18(26)8-15-11-28-19(22)24-15/h1-7,9,11H,8,10H2,(H2,22,24)(H,25,26)/b23-9+. The molecule has 1 heterocycles. The Bertz CT molecular complexity index is 990. The van der Waals surface area contributed by atoms with E-state index in [1.807, 2.05) is 30.3 Å². The molecule has 0 bridgehead atoms. The second-order valence-electron chi connectivity index (χ2n) is 5.74. The molecule has 2 aromatic carbocycles. The van der Waals surface area contributed by atoms with Gasteiger partial charge in [0.05, 0.1) is 18.3 Å². The minimum Gasteiger partial charge on any atom is -0.489 e. The predicted molar refractivity (Wildman–Crippen MR) is 113 cm³/mol. The molecule has 0 radical (unpaired) electrons. The molecule has 0 saturated heterocycles. The van der Waals surface area contributed by atoms with E-state index in [-0.39, 0.29) is 12.3 Å². The molecule has 0 aliphatic heterocycles. The van der Waals surface area contributed by atoms with Gasteiger partial charge in [-0.3, -0.25) is 4.79 Å². The van der Waals surface area contributed by atoms with Crippen molar-refractivity contribution < 1.29 is 9.53 Å². The molecule has 3 N–H and O–H groups in total. The lowest BCUT2D eigenvalue weighted by molar-refractivity contribution is -0.120. The van der Waals surface area contributed by atoms with Crippen molar-refractivity contribution in [3.63, 3.8) is 0 Å². The monoisotopic (exact) mass is 434 g/mol. The Hall–Kier alpha value is -2.61. The largest absolute Gasteiger partial charge is 0.489 e. The Morgan fingerprint density at radius 2 is 2.04 bits per heavy atom. The molecule has 0 unspecified atom stereocenters. The number of aromatic nitrogens is 1. The smallest absolute Gasteiger partial charge is 0.246 e. The van der Waals surface area contributed by atoms with Crippen LogP contribution in [0.1, 0.15) is 16.8 Å². The first-order valence-electron chi connectivity index (χ1n) is 8.18. The molecule has 9 heteroatoms. The molecule has 0 atom stereocenters. The highest BCUT2D eigenvalue weighted by Gasteiger charge is 2.05. The first kappa shape index (κ1) is 20.1. The molecule has 3 aromatic rings. The second-order valence-corrected chi connectivity index (χ2v) is 7.47. The fourth-order valence-corrected chi connectivity index (χ4v) is 3.26. The number of carbonyl (C=O) groups is 1. The van der Waals surface area contributed by atoms with Crippen LogP contribution in [0.5, 0.6) is 5.75 Å². The van der Waals surface area contributed by atoms with Crippen molar-refractivity contribution >= 4 is 51.8 Å². The molecule has 1 aromatic heterocycles. The zero-order valence-electron chi connectivity index (χ0n) is 14.6. The average molecular weight is 435 g/mol. The third-order valence-corrected chi connectivity index (χ3v) is 4.91. The Balaban J connectivity index is 1.48. The van der Waals surface area contributed by atoms with Gasteiger partial charge in [-0.25, -0.2) is 10.4 Å². The summed E-state index contributed by atoms with van der Waals surface area (Å²) in [6, 6.07) is 12.6. The van der Waals surface area contributed by atoms with Crippen molar-refractivity contribution in [2.24, 2.45) is 5.10 Å². The number of hydrazone groups is 1. The molecule has 28 heavy (non-hydrogen) atoms. The van der Waals surface area contributed by atoms with Gasteiger partial charge in [0.25, 0.3) is 0 Å². The van der Waals surface area contributed by atoms with Crippen molar-refractivity contribution in [2.75, 3.05) is 5.73 Å². The molecule has 0 spiro atoms. The highest BCUT2D eigenvalue weighted by molar-refractivity contribution is 7.13. The van der Waals surface area contributed by atoms with E-state index in [0.29, 0.717) is 33.2 Å². The van der Waals surface area contributed by atoms with Gasteiger partial charge in [0.1, 0.15) is 12.4 Å². The van der Waals surface area contributed by atoms with Crippen molar-refractivity contribution in [3.8, 4) is 5.75 Å². The van der Waals surface area contributed by atoms with Crippen LogP contribution in [0, 0.1) is 0 Å². The van der Waals surface area contributed by atoms with E-state index in [0.717, 1.165) is 11.1 Å². The summed E-state index contributed by atoms with van der Waals surface area (Å²) in [6.07, 6.45) is 1.68. The van der Waals surface area contributed by atoms with Crippen molar-refractivity contribution in [2.45, 2.75) is 13.0 Å². The van der Waals surface area contributed by atoms with Gasteiger partial charge < -0.3 is 10.5 Å². The minimum atomic E-state index is -0.263. The summed E-state index contributed by atoms with van der Waals surface area (Å²) in [5, 5.41) is 7.26. The number of carbonyl (C=O) groups excluding carboxylic acids is 1. The van der Waals surface area contributed by atoms with Crippen LogP contribution in [0.3, 0.4) is 0 Å². The van der Waals surface area contributed by atoms with Crippen LogP contribution in [0.25, 0.3) is 0 Å². The zero-order valence-corrected chi connectivity index (χ0v) is 16.9. The molecule has 3 rings (SSSR count). The Morgan fingerprint density at radius 3 is 2.71 bits per heavy atom. The Labute approximate surface area is 176 Å². The molecular formula is C19H16Cl2N4O2S. The summed E-state index contributed by atoms with van der Waals surface area (Å²) < 4.78 is 5.72. The number of halogens is 2. The first-order valence-corrected chi connectivity index (χ1v) is 9.82. The third-order valence-electron chi connectivity index (χ3n) is 3.60. The second kappa shape index (κ2) is 9.54. The molecule has 0 fully saturated rings. The predicted octanol–water partition coefficient (Wildman–Crippen LogP) is 4.30. The van der Waals surface area contributed by atoms with Crippen LogP contribution < -0.4 is 15.9 Å². The lowest BCUT2D eigenvalue weighted by Gasteiger charge is -2.08. The van der Waals surface area contributed by atoms with Gasteiger partial charge in [-0.1, -0.05) is 29.3 Å². The van der Waals surface area contributed by atoms with Crippen LogP contribution in [0.4, 0.5) is 5.13 Å². The van der Waals surface area contributed by atoms with Gasteiger partial charge in [0.2, 0.25) is 5.91 Å². The topological polar surface area (TPSA) is 89.6 Å². The number of nitrogens with zero attached hydrogens (tertiary/aromatic N) is 2. The summed E-state index contributed by atoms with van der Waals surface area (Å²) in [5.74, 6) is 0.426. The molecule has 144 valence electrons. The third kappa shape index (κ3) is 5.95. The molecule has 0 aliphatic rings. The van der Waals surface area contributed by atoms with Gasteiger partial charge in [-0.2, -0.15) is 5.10 Å². The Kier molecular flexibility index (Phi) is 6.86. The van der Waals surface area contributed by atoms with Gasteiger partial charge in [-0.15, -0.1) is 11.3 Å². The lowest BCUT2D eigenvalue weighted by atomic mass is 10.2. The van der Waals surface area contributed by atoms with Crippen LogP contribution in [0.15, 0.2) is 52.9 Å². The number of amides is 1. The van der Waals surface area contributed by atoms with Crippen LogP contribution in [-0.4, -0.2) is 17.1 Å². The zero-order chi connectivity index (χ0) is 19.9. The van der Waals surface area contributed by atoms with Crippen molar-refractivity contribution in [1.29, 1.82) is 0 Å². The summed E-state index contributed by atoms with van der Waals surface area (Å²) in [7, 11) is 0. The van der Waals surface area contributed by atoms with E-state index in [9.17, 15) is 4.79 Å². The number of nitrogen functional groups attached to an aromatic ring is 1. The number of hydrogen-bond donors (Lipinski definition) is 2. The maximum atomic E-state index is 11.8. The number of anilines is 1.